The van der Waals surface area contributed by atoms with Gasteiger partial charge < -0.3 is 15.3 Å². The van der Waals surface area contributed by atoms with Crippen molar-refractivity contribution in [3.8, 4) is 11.1 Å². The minimum Gasteiger partial charge on any atom is -0.389 e. The Hall–Kier alpha value is -1.39. The Labute approximate surface area is 173 Å². The summed E-state index contributed by atoms with van der Waals surface area (Å²) >= 11 is 6.16. The van der Waals surface area contributed by atoms with E-state index in [0.29, 0.717) is 0 Å². The number of benzene rings is 2. The van der Waals surface area contributed by atoms with Crippen LogP contribution in [0.2, 0.25) is 5.02 Å². The van der Waals surface area contributed by atoms with E-state index < -0.39 is 5.60 Å². The predicted octanol–water partition coefficient (Wildman–Crippen LogP) is 4.69. The van der Waals surface area contributed by atoms with Gasteiger partial charge in [0.05, 0.1) is 5.60 Å². The van der Waals surface area contributed by atoms with E-state index in [1.807, 2.05) is 18.2 Å². The molecule has 4 heteroatoms. The first-order chi connectivity index (χ1) is 13.6. The molecule has 0 bridgehead atoms. The molecule has 0 amide bonds. The fourth-order valence-electron chi connectivity index (χ4n) is 4.83. The Morgan fingerprint density at radius 2 is 1.68 bits per heavy atom. The summed E-state index contributed by atoms with van der Waals surface area (Å²) in [5.74, 6) is 0.166. The van der Waals surface area contributed by atoms with Gasteiger partial charge in [0.1, 0.15) is 0 Å². The van der Waals surface area contributed by atoms with Gasteiger partial charge in [0.2, 0.25) is 0 Å². The summed E-state index contributed by atoms with van der Waals surface area (Å²) in [7, 11) is 0. The Bertz CT molecular complexity index is 764. The van der Waals surface area contributed by atoms with Crippen LogP contribution in [-0.2, 0) is 0 Å². The molecule has 1 aliphatic heterocycles. The van der Waals surface area contributed by atoms with Gasteiger partial charge in [-0.2, -0.15) is 0 Å². The van der Waals surface area contributed by atoms with Crippen molar-refractivity contribution < 1.29 is 5.11 Å². The fourth-order valence-corrected chi connectivity index (χ4v) is 5.02. The van der Waals surface area contributed by atoms with Gasteiger partial charge in [0.25, 0.3) is 0 Å². The topological polar surface area (TPSA) is 35.5 Å². The molecule has 4 rings (SSSR count). The second kappa shape index (κ2) is 8.96. The molecular weight excluding hydrogens is 368 g/mol. The number of piperazine rings is 1. The SMILES string of the molecule is OC1(C(CN2CCNCC2)c2ccc(-c3cccc(Cl)c3)cc2)CCCCC1. The molecule has 3 nitrogen and oxygen atoms in total. The number of hydrogen-bond acceptors (Lipinski definition) is 3. The molecule has 1 atom stereocenters. The molecule has 1 aliphatic carbocycles. The smallest absolute Gasteiger partial charge is 0.0728 e. The van der Waals surface area contributed by atoms with E-state index in [4.69, 9.17) is 11.6 Å². The lowest BCUT2D eigenvalue weighted by Gasteiger charge is -2.42. The van der Waals surface area contributed by atoms with Gasteiger partial charge in [-0.3, -0.25) is 0 Å². The molecule has 2 fully saturated rings. The largest absolute Gasteiger partial charge is 0.389 e. The van der Waals surface area contributed by atoms with E-state index in [9.17, 15) is 5.11 Å². The number of hydrogen-bond donors (Lipinski definition) is 2. The van der Waals surface area contributed by atoms with Gasteiger partial charge in [-0.1, -0.05) is 67.3 Å². The van der Waals surface area contributed by atoms with Crippen molar-refractivity contribution in [2.45, 2.75) is 43.6 Å². The van der Waals surface area contributed by atoms with Crippen LogP contribution in [-0.4, -0.2) is 48.3 Å². The molecule has 2 aromatic rings. The minimum atomic E-state index is -0.583. The Morgan fingerprint density at radius 3 is 2.36 bits per heavy atom. The molecule has 150 valence electrons. The fraction of sp³-hybridized carbons (Fsp3) is 0.500. The van der Waals surface area contributed by atoms with Gasteiger partial charge in [0.15, 0.2) is 0 Å². The van der Waals surface area contributed by atoms with E-state index in [1.165, 1.54) is 17.5 Å². The summed E-state index contributed by atoms with van der Waals surface area (Å²) < 4.78 is 0. The lowest BCUT2D eigenvalue weighted by molar-refractivity contribution is -0.0316. The summed E-state index contributed by atoms with van der Waals surface area (Å²) in [6.07, 6.45) is 5.35. The maximum absolute atomic E-state index is 11.6. The van der Waals surface area contributed by atoms with Gasteiger partial charge in [-0.05, 0) is 41.7 Å². The first-order valence-corrected chi connectivity index (χ1v) is 11.0. The number of nitrogens with zero attached hydrogens (tertiary/aromatic N) is 1. The molecule has 2 N–H and O–H groups in total. The second-order valence-electron chi connectivity index (χ2n) is 8.40. The monoisotopic (exact) mass is 398 g/mol. The van der Waals surface area contributed by atoms with E-state index in [1.54, 1.807) is 0 Å². The van der Waals surface area contributed by atoms with Crippen LogP contribution in [0.1, 0.15) is 43.6 Å². The first-order valence-electron chi connectivity index (χ1n) is 10.7. The summed E-state index contributed by atoms with van der Waals surface area (Å²) in [6, 6.07) is 16.8. The maximum atomic E-state index is 11.6. The zero-order valence-corrected chi connectivity index (χ0v) is 17.3. The van der Waals surface area contributed by atoms with Crippen LogP contribution in [0.3, 0.4) is 0 Å². The molecule has 0 spiro atoms. The number of halogens is 1. The van der Waals surface area contributed by atoms with E-state index in [2.05, 4.69) is 40.5 Å². The van der Waals surface area contributed by atoms with Crippen molar-refractivity contribution in [1.29, 1.82) is 0 Å². The standard InChI is InChI=1S/C24H31ClN2O/c25-22-6-4-5-21(17-22)19-7-9-20(10-8-19)23(18-27-15-13-26-14-16-27)24(28)11-2-1-3-12-24/h4-10,17,23,26,28H,1-3,11-16,18H2. The summed E-state index contributed by atoms with van der Waals surface area (Å²) in [5, 5.41) is 15.8. The number of aliphatic hydroxyl groups is 1. The Kier molecular flexibility index (Phi) is 6.37. The average molecular weight is 399 g/mol. The quantitative estimate of drug-likeness (QED) is 0.766. The molecule has 1 saturated heterocycles. The van der Waals surface area contributed by atoms with Crippen LogP contribution >= 0.6 is 11.6 Å². The summed E-state index contributed by atoms with van der Waals surface area (Å²) in [4.78, 5) is 2.51. The van der Waals surface area contributed by atoms with Crippen molar-refractivity contribution in [3.63, 3.8) is 0 Å². The van der Waals surface area contributed by atoms with E-state index in [0.717, 1.165) is 69.0 Å². The molecular formula is C24H31ClN2O. The predicted molar refractivity (Wildman–Crippen MR) is 117 cm³/mol. The normalized spacial score (nSPS) is 21.4. The molecule has 2 aromatic carbocycles. The molecule has 0 radical (unpaired) electrons. The van der Waals surface area contributed by atoms with Crippen LogP contribution in [0, 0.1) is 0 Å². The zero-order chi connectivity index (χ0) is 19.4. The molecule has 1 saturated carbocycles. The highest BCUT2D eigenvalue weighted by molar-refractivity contribution is 6.30. The van der Waals surface area contributed by atoms with Crippen LogP contribution in [0.25, 0.3) is 11.1 Å². The molecule has 1 unspecified atom stereocenters. The Balaban J connectivity index is 1.59. The highest BCUT2D eigenvalue weighted by Gasteiger charge is 2.39. The van der Waals surface area contributed by atoms with E-state index >= 15 is 0 Å². The first kappa shape index (κ1) is 19.9. The van der Waals surface area contributed by atoms with Gasteiger partial charge in [-0.15, -0.1) is 0 Å². The lowest BCUT2D eigenvalue weighted by Crippen LogP contribution is -2.49. The van der Waals surface area contributed by atoms with Crippen molar-refractivity contribution in [3.05, 3.63) is 59.1 Å². The van der Waals surface area contributed by atoms with Crippen molar-refractivity contribution >= 4 is 11.6 Å². The third-order valence-electron chi connectivity index (χ3n) is 6.49. The van der Waals surface area contributed by atoms with Gasteiger partial charge in [0, 0.05) is 43.7 Å². The number of rotatable bonds is 5. The van der Waals surface area contributed by atoms with Crippen molar-refractivity contribution in [2.75, 3.05) is 32.7 Å². The molecule has 2 aliphatic rings. The van der Waals surface area contributed by atoms with Crippen molar-refractivity contribution in [2.24, 2.45) is 0 Å². The third-order valence-corrected chi connectivity index (χ3v) is 6.72. The van der Waals surface area contributed by atoms with Crippen LogP contribution < -0.4 is 5.32 Å². The zero-order valence-electron chi connectivity index (χ0n) is 16.5. The van der Waals surface area contributed by atoms with Crippen LogP contribution in [0.15, 0.2) is 48.5 Å². The lowest BCUT2D eigenvalue weighted by atomic mass is 9.72. The molecule has 0 aromatic heterocycles. The summed E-state index contributed by atoms with van der Waals surface area (Å²) in [6.45, 7) is 5.15. The van der Waals surface area contributed by atoms with E-state index in [-0.39, 0.29) is 5.92 Å². The van der Waals surface area contributed by atoms with Crippen LogP contribution in [0.4, 0.5) is 0 Å². The van der Waals surface area contributed by atoms with Gasteiger partial charge in [-0.25, -0.2) is 0 Å². The minimum absolute atomic E-state index is 0.166. The molecule has 1 heterocycles. The highest BCUT2D eigenvalue weighted by atomic mass is 35.5. The maximum Gasteiger partial charge on any atom is 0.0728 e. The molecule has 28 heavy (non-hydrogen) atoms. The summed E-state index contributed by atoms with van der Waals surface area (Å²) in [5.41, 5.74) is 2.98. The Morgan fingerprint density at radius 1 is 0.964 bits per heavy atom. The number of nitrogens with one attached hydrogen (secondary N) is 1. The van der Waals surface area contributed by atoms with Gasteiger partial charge >= 0.3 is 0 Å². The average Bonchev–Trinajstić information content (AvgIpc) is 2.73. The third kappa shape index (κ3) is 4.60. The second-order valence-corrected chi connectivity index (χ2v) is 8.84. The van der Waals surface area contributed by atoms with Crippen LogP contribution in [0.5, 0.6) is 0 Å². The van der Waals surface area contributed by atoms with Crippen molar-refractivity contribution in [1.82, 2.24) is 10.2 Å². The highest BCUT2D eigenvalue weighted by Crippen LogP contribution is 2.41.